The highest BCUT2D eigenvalue weighted by atomic mass is 19.4. The molecule has 1 heterocycles. The average molecular weight is 545 g/mol. The number of hydrogen-bond donors (Lipinski definition) is 1. The third-order valence-electron chi connectivity index (χ3n) is 7.94. The first kappa shape index (κ1) is 28.6. The third kappa shape index (κ3) is 7.61. The number of rotatable bonds is 8. The van der Waals surface area contributed by atoms with Gasteiger partial charge in [0.25, 0.3) is 0 Å². The Hall–Kier alpha value is -3.36. The van der Waals surface area contributed by atoms with Crippen molar-refractivity contribution in [3.63, 3.8) is 0 Å². The third-order valence-corrected chi connectivity index (χ3v) is 7.94. The summed E-state index contributed by atoms with van der Waals surface area (Å²) in [6.45, 7) is 1.39. The molecule has 210 valence electrons. The molecular formula is C30H35F3N2O4. The van der Waals surface area contributed by atoms with Crippen molar-refractivity contribution in [2.45, 2.75) is 63.5 Å². The van der Waals surface area contributed by atoms with E-state index in [2.05, 4.69) is 5.32 Å². The highest BCUT2D eigenvalue weighted by molar-refractivity contribution is 5.90. The van der Waals surface area contributed by atoms with Crippen molar-refractivity contribution in [3.05, 3.63) is 65.2 Å². The molecule has 2 aromatic rings. The molecular weight excluding hydrogens is 509 g/mol. The van der Waals surface area contributed by atoms with Crippen molar-refractivity contribution in [2.24, 2.45) is 11.8 Å². The molecule has 1 saturated carbocycles. The number of carbonyl (C=O) groups excluding carboxylic acids is 3. The van der Waals surface area contributed by atoms with Crippen molar-refractivity contribution in [2.75, 3.05) is 25.5 Å². The van der Waals surface area contributed by atoms with Gasteiger partial charge in [0, 0.05) is 31.1 Å². The Balaban J connectivity index is 1.18. The maximum absolute atomic E-state index is 12.9. The lowest BCUT2D eigenvalue weighted by Gasteiger charge is -2.34. The van der Waals surface area contributed by atoms with Crippen LogP contribution in [0.1, 0.15) is 67.6 Å². The molecule has 2 fully saturated rings. The molecule has 1 aliphatic heterocycles. The molecule has 39 heavy (non-hydrogen) atoms. The van der Waals surface area contributed by atoms with Gasteiger partial charge in [-0.05, 0) is 86.3 Å². The monoisotopic (exact) mass is 544 g/mol. The van der Waals surface area contributed by atoms with E-state index in [1.165, 1.54) is 24.8 Å². The van der Waals surface area contributed by atoms with Gasteiger partial charge in [-0.2, -0.15) is 13.2 Å². The Bertz CT molecular complexity index is 1140. The summed E-state index contributed by atoms with van der Waals surface area (Å²) in [5, 5.41) is 2.88. The van der Waals surface area contributed by atoms with Gasteiger partial charge in [0.1, 0.15) is 0 Å². The zero-order valence-corrected chi connectivity index (χ0v) is 22.1. The number of hydrogen-bond acceptors (Lipinski definition) is 4. The van der Waals surface area contributed by atoms with Crippen LogP contribution >= 0.6 is 0 Å². The number of anilines is 1. The van der Waals surface area contributed by atoms with Gasteiger partial charge < -0.3 is 15.0 Å². The van der Waals surface area contributed by atoms with E-state index in [0.29, 0.717) is 50.4 Å². The Morgan fingerprint density at radius 3 is 2.18 bits per heavy atom. The predicted molar refractivity (Wildman–Crippen MR) is 141 cm³/mol. The van der Waals surface area contributed by atoms with Crippen LogP contribution in [0.5, 0.6) is 0 Å². The quantitative estimate of drug-likeness (QED) is 0.416. The number of methoxy groups -OCH3 is 1. The van der Waals surface area contributed by atoms with Crippen LogP contribution in [0.25, 0.3) is 0 Å². The fraction of sp³-hybridized carbons (Fsp3) is 0.500. The molecule has 9 heteroatoms. The van der Waals surface area contributed by atoms with Crippen LogP contribution in [-0.2, 0) is 31.7 Å². The van der Waals surface area contributed by atoms with Crippen LogP contribution in [0.3, 0.4) is 0 Å². The molecule has 2 aliphatic rings. The standard InChI is InChI=1S/C30H35F3N2O4/c1-39-29(38)24-8-7-23(19-24)28(37)35-17-15-22(16-18-35)21-9-13-26(14-10-21)34-27(36)4-2-3-20-5-11-25(12-6-20)30(31,32)33/h5-6,9-14,22-24H,2-4,7-8,15-19H2,1H3,(H,34,36). The smallest absolute Gasteiger partial charge is 0.416 e. The molecule has 6 nitrogen and oxygen atoms in total. The number of benzene rings is 2. The van der Waals surface area contributed by atoms with E-state index in [9.17, 15) is 27.6 Å². The Morgan fingerprint density at radius 2 is 1.56 bits per heavy atom. The van der Waals surface area contributed by atoms with Crippen LogP contribution < -0.4 is 5.32 Å². The second-order valence-electron chi connectivity index (χ2n) is 10.5. The zero-order chi connectivity index (χ0) is 28.0. The van der Waals surface area contributed by atoms with Crippen LogP contribution in [-0.4, -0.2) is 42.9 Å². The highest BCUT2D eigenvalue weighted by Gasteiger charge is 2.37. The topological polar surface area (TPSA) is 75.7 Å². The van der Waals surface area contributed by atoms with Crippen LogP contribution in [0.2, 0.25) is 0 Å². The summed E-state index contributed by atoms with van der Waals surface area (Å²) in [7, 11) is 1.39. The van der Waals surface area contributed by atoms with E-state index in [1.54, 1.807) is 0 Å². The first-order chi connectivity index (χ1) is 18.6. The average Bonchev–Trinajstić information content (AvgIpc) is 3.43. The van der Waals surface area contributed by atoms with E-state index in [-0.39, 0.29) is 36.0 Å². The fourth-order valence-corrected chi connectivity index (χ4v) is 5.65. The first-order valence-electron chi connectivity index (χ1n) is 13.6. The Kier molecular flexibility index (Phi) is 9.30. The number of likely N-dealkylation sites (tertiary alicyclic amines) is 1. The maximum atomic E-state index is 12.9. The van der Waals surface area contributed by atoms with Crippen molar-refractivity contribution in [1.82, 2.24) is 4.90 Å². The largest absolute Gasteiger partial charge is 0.469 e. The molecule has 0 aromatic heterocycles. The van der Waals surface area contributed by atoms with Crippen molar-refractivity contribution in [1.29, 1.82) is 0 Å². The summed E-state index contributed by atoms with van der Waals surface area (Å²) in [4.78, 5) is 39.0. The molecule has 2 unspecified atom stereocenters. The van der Waals surface area contributed by atoms with Crippen molar-refractivity contribution < 1.29 is 32.3 Å². The number of nitrogens with zero attached hydrogens (tertiary/aromatic N) is 1. The SMILES string of the molecule is COC(=O)C1CCC(C(=O)N2CCC(c3ccc(NC(=O)CCCc4ccc(C(F)(F)F)cc4)cc3)CC2)C1. The van der Waals surface area contributed by atoms with Crippen molar-refractivity contribution in [3.8, 4) is 0 Å². The Morgan fingerprint density at radius 1 is 0.923 bits per heavy atom. The summed E-state index contributed by atoms with van der Waals surface area (Å²) in [5.41, 5.74) is 1.97. The number of amides is 2. The number of ether oxygens (including phenoxy) is 1. The lowest BCUT2D eigenvalue weighted by Crippen LogP contribution is -2.41. The van der Waals surface area contributed by atoms with E-state index in [1.807, 2.05) is 29.2 Å². The minimum atomic E-state index is -4.35. The van der Waals surface area contributed by atoms with Crippen LogP contribution in [0.15, 0.2) is 48.5 Å². The lowest BCUT2D eigenvalue weighted by molar-refractivity contribution is -0.145. The number of alkyl halides is 3. The molecule has 0 bridgehead atoms. The molecule has 1 aliphatic carbocycles. The predicted octanol–water partition coefficient (Wildman–Crippen LogP) is 5.96. The van der Waals surface area contributed by atoms with E-state index >= 15 is 0 Å². The number of aryl methyl sites for hydroxylation is 1. The summed E-state index contributed by atoms with van der Waals surface area (Å²) in [5.74, 6) is -0.127. The molecule has 2 amide bonds. The minimum Gasteiger partial charge on any atom is -0.469 e. The summed E-state index contributed by atoms with van der Waals surface area (Å²) >= 11 is 0. The normalized spacial score (nSPS) is 20.1. The summed E-state index contributed by atoms with van der Waals surface area (Å²) < 4.78 is 42.9. The first-order valence-corrected chi connectivity index (χ1v) is 13.6. The van der Waals surface area contributed by atoms with Crippen LogP contribution in [0.4, 0.5) is 18.9 Å². The number of halogens is 3. The number of nitrogens with one attached hydrogen (secondary N) is 1. The Labute approximate surface area is 226 Å². The summed E-state index contributed by atoms with van der Waals surface area (Å²) in [6, 6.07) is 12.8. The lowest BCUT2D eigenvalue weighted by atomic mass is 9.88. The molecule has 2 aromatic carbocycles. The van der Waals surface area contributed by atoms with E-state index in [4.69, 9.17) is 4.74 Å². The van der Waals surface area contributed by atoms with E-state index < -0.39 is 11.7 Å². The molecule has 0 spiro atoms. The molecule has 2 atom stereocenters. The molecule has 4 rings (SSSR count). The van der Waals surface area contributed by atoms with Gasteiger partial charge in [0.05, 0.1) is 18.6 Å². The fourth-order valence-electron chi connectivity index (χ4n) is 5.65. The van der Waals surface area contributed by atoms with Gasteiger partial charge in [-0.3, -0.25) is 14.4 Å². The number of esters is 1. The van der Waals surface area contributed by atoms with Gasteiger partial charge in [0.15, 0.2) is 0 Å². The van der Waals surface area contributed by atoms with E-state index in [0.717, 1.165) is 37.0 Å². The zero-order valence-electron chi connectivity index (χ0n) is 22.1. The highest BCUT2D eigenvalue weighted by Crippen LogP contribution is 2.35. The van der Waals surface area contributed by atoms with Crippen LogP contribution in [0, 0.1) is 11.8 Å². The summed E-state index contributed by atoms with van der Waals surface area (Å²) in [6.07, 6.45) is 0.752. The van der Waals surface area contributed by atoms with Gasteiger partial charge in [-0.25, -0.2) is 0 Å². The maximum Gasteiger partial charge on any atom is 0.416 e. The molecule has 0 radical (unpaired) electrons. The van der Waals surface area contributed by atoms with Gasteiger partial charge in [0.2, 0.25) is 11.8 Å². The van der Waals surface area contributed by atoms with Crippen molar-refractivity contribution >= 4 is 23.5 Å². The minimum absolute atomic E-state index is 0.0940. The molecule has 1 saturated heterocycles. The van der Waals surface area contributed by atoms with Gasteiger partial charge in [-0.1, -0.05) is 24.3 Å². The molecule has 1 N–H and O–H groups in total. The second kappa shape index (κ2) is 12.7. The number of piperidine rings is 1. The van der Waals surface area contributed by atoms with Gasteiger partial charge in [-0.15, -0.1) is 0 Å². The number of carbonyl (C=O) groups is 3. The second-order valence-corrected chi connectivity index (χ2v) is 10.5. The van der Waals surface area contributed by atoms with Gasteiger partial charge >= 0.3 is 12.1 Å².